The Morgan fingerprint density at radius 2 is 1.86 bits per heavy atom. The molecule has 1 fully saturated rings. The fourth-order valence-electron chi connectivity index (χ4n) is 3.05. The van der Waals surface area contributed by atoms with Gasteiger partial charge in [-0.2, -0.15) is 0 Å². The molecule has 0 heterocycles. The van der Waals surface area contributed by atoms with Crippen molar-refractivity contribution in [3.05, 3.63) is 22.2 Å². The Hall–Kier alpha value is -0.780. The molecule has 0 unspecified atom stereocenters. The molecule has 1 saturated carbocycles. The summed E-state index contributed by atoms with van der Waals surface area (Å²) in [5.74, 6) is 1.66. The topological polar surface area (TPSA) is 41.9 Å². The number of benzene rings is 1. The Labute approximate surface area is 135 Å². The highest BCUT2D eigenvalue weighted by atomic mass is 79.9. The molecule has 0 spiro atoms. The molecule has 0 radical (unpaired) electrons. The van der Waals surface area contributed by atoms with E-state index >= 15 is 0 Å². The van der Waals surface area contributed by atoms with E-state index < -0.39 is 0 Å². The standard InChI is InChI=1S/C16H24BrNO3/c1-20-15-10-14(17)16(21-2)9-12(15)11-18(7-8-19)13-5-3-4-6-13/h9-10,13,19H,3-8,11H2,1-2H3. The Kier molecular flexibility index (Phi) is 6.33. The van der Waals surface area contributed by atoms with E-state index in [1.54, 1.807) is 14.2 Å². The highest BCUT2D eigenvalue weighted by Crippen LogP contribution is 2.34. The van der Waals surface area contributed by atoms with Crippen LogP contribution in [0.25, 0.3) is 0 Å². The molecule has 1 aromatic rings. The number of halogens is 1. The van der Waals surface area contributed by atoms with Crippen molar-refractivity contribution in [3.63, 3.8) is 0 Å². The molecule has 118 valence electrons. The van der Waals surface area contributed by atoms with E-state index in [-0.39, 0.29) is 6.61 Å². The van der Waals surface area contributed by atoms with Crippen LogP contribution in [0.1, 0.15) is 31.2 Å². The highest BCUT2D eigenvalue weighted by molar-refractivity contribution is 9.10. The lowest BCUT2D eigenvalue weighted by Gasteiger charge is -2.29. The lowest BCUT2D eigenvalue weighted by molar-refractivity contribution is 0.143. The van der Waals surface area contributed by atoms with Gasteiger partial charge in [-0.15, -0.1) is 0 Å². The van der Waals surface area contributed by atoms with E-state index in [0.29, 0.717) is 12.6 Å². The van der Waals surface area contributed by atoms with Gasteiger partial charge in [-0.3, -0.25) is 4.90 Å². The number of hydrogen-bond donors (Lipinski definition) is 1. The van der Waals surface area contributed by atoms with Crippen LogP contribution in [0.15, 0.2) is 16.6 Å². The normalized spacial score (nSPS) is 15.7. The van der Waals surface area contributed by atoms with Crippen LogP contribution >= 0.6 is 15.9 Å². The lowest BCUT2D eigenvalue weighted by atomic mass is 10.1. The van der Waals surface area contributed by atoms with Gasteiger partial charge in [0, 0.05) is 24.7 Å². The minimum absolute atomic E-state index is 0.187. The maximum absolute atomic E-state index is 9.34. The van der Waals surface area contributed by atoms with Gasteiger partial charge < -0.3 is 14.6 Å². The number of ether oxygens (including phenoxy) is 2. The van der Waals surface area contributed by atoms with Crippen LogP contribution in [-0.4, -0.2) is 43.4 Å². The van der Waals surface area contributed by atoms with Crippen LogP contribution in [-0.2, 0) is 6.54 Å². The summed E-state index contributed by atoms with van der Waals surface area (Å²) in [6.45, 7) is 1.66. The predicted octanol–water partition coefficient (Wildman–Crippen LogP) is 3.20. The van der Waals surface area contributed by atoms with E-state index in [4.69, 9.17) is 9.47 Å². The molecule has 4 nitrogen and oxygen atoms in total. The molecule has 0 aromatic heterocycles. The van der Waals surface area contributed by atoms with Crippen LogP contribution in [0.3, 0.4) is 0 Å². The van der Waals surface area contributed by atoms with Crippen molar-refractivity contribution >= 4 is 15.9 Å². The smallest absolute Gasteiger partial charge is 0.133 e. The van der Waals surface area contributed by atoms with Crippen molar-refractivity contribution in [2.24, 2.45) is 0 Å². The third-order valence-corrected chi connectivity index (χ3v) is 4.78. The zero-order valence-electron chi connectivity index (χ0n) is 12.8. The summed E-state index contributed by atoms with van der Waals surface area (Å²) in [6.07, 6.45) is 5.01. The largest absolute Gasteiger partial charge is 0.496 e. The van der Waals surface area contributed by atoms with Gasteiger partial charge in [-0.25, -0.2) is 0 Å². The average molecular weight is 358 g/mol. The third-order valence-electron chi connectivity index (χ3n) is 4.16. The molecule has 0 atom stereocenters. The second-order valence-electron chi connectivity index (χ2n) is 5.43. The summed E-state index contributed by atoms with van der Waals surface area (Å²) < 4.78 is 11.8. The first-order valence-corrected chi connectivity index (χ1v) is 8.24. The second kappa shape index (κ2) is 8.01. The second-order valence-corrected chi connectivity index (χ2v) is 6.29. The van der Waals surface area contributed by atoms with Gasteiger partial charge in [0.15, 0.2) is 0 Å². The molecule has 1 aliphatic carbocycles. The maximum atomic E-state index is 9.34. The first-order valence-electron chi connectivity index (χ1n) is 7.45. The maximum Gasteiger partial charge on any atom is 0.133 e. The third kappa shape index (κ3) is 4.11. The summed E-state index contributed by atoms with van der Waals surface area (Å²) in [6, 6.07) is 4.53. The Morgan fingerprint density at radius 3 is 2.43 bits per heavy atom. The zero-order chi connectivity index (χ0) is 15.2. The molecule has 0 aliphatic heterocycles. The summed E-state index contributed by atoms with van der Waals surface area (Å²) in [4.78, 5) is 2.36. The number of hydrogen-bond acceptors (Lipinski definition) is 4. The fraction of sp³-hybridized carbons (Fsp3) is 0.625. The molecular formula is C16H24BrNO3. The molecule has 2 rings (SSSR count). The molecule has 0 amide bonds. The van der Waals surface area contributed by atoms with Crippen molar-refractivity contribution < 1.29 is 14.6 Å². The van der Waals surface area contributed by atoms with Gasteiger partial charge in [-0.1, -0.05) is 12.8 Å². The lowest BCUT2D eigenvalue weighted by Crippen LogP contribution is -2.35. The van der Waals surface area contributed by atoms with Crippen LogP contribution in [0.5, 0.6) is 11.5 Å². The molecule has 1 aliphatic rings. The molecule has 21 heavy (non-hydrogen) atoms. The first kappa shape index (κ1) is 16.6. The van der Waals surface area contributed by atoms with Crippen LogP contribution in [0.2, 0.25) is 0 Å². The number of aliphatic hydroxyl groups excluding tert-OH is 1. The predicted molar refractivity (Wildman–Crippen MR) is 87.0 cm³/mol. The van der Waals surface area contributed by atoms with Crippen LogP contribution < -0.4 is 9.47 Å². The Balaban J connectivity index is 2.21. The highest BCUT2D eigenvalue weighted by Gasteiger charge is 2.23. The van der Waals surface area contributed by atoms with Crippen molar-refractivity contribution in [3.8, 4) is 11.5 Å². The minimum Gasteiger partial charge on any atom is -0.496 e. The van der Waals surface area contributed by atoms with E-state index in [0.717, 1.165) is 28.1 Å². The first-order chi connectivity index (χ1) is 10.2. The number of aliphatic hydroxyl groups is 1. The molecule has 0 bridgehead atoms. The van der Waals surface area contributed by atoms with Crippen LogP contribution in [0, 0.1) is 0 Å². The van der Waals surface area contributed by atoms with E-state index in [9.17, 15) is 5.11 Å². The van der Waals surface area contributed by atoms with E-state index in [2.05, 4.69) is 20.8 Å². The van der Waals surface area contributed by atoms with Gasteiger partial charge in [0.05, 0.1) is 25.3 Å². The zero-order valence-corrected chi connectivity index (χ0v) is 14.4. The van der Waals surface area contributed by atoms with Crippen molar-refractivity contribution in [2.75, 3.05) is 27.4 Å². The van der Waals surface area contributed by atoms with Gasteiger partial charge in [0.25, 0.3) is 0 Å². The van der Waals surface area contributed by atoms with Crippen LogP contribution in [0.4, 0.5) is 0 Å². The monoisotopic (exact) mass is 357 g/mol. The molecule has 1 aromatic carbocycles. The van der Waals surface area contributed by atoms with Gasteiger partial charge >= 0.3 is 0 Å². The van der Waals surface area contributed by atoms with Crippen molar-refractivity contribution in [2.45, 2.75) is 38.3 Å². The van der Waals surface area contributed by atoms with Gasteiger partial charge in [0.2, 0.25) is 0 Å². The van der Waals surface area contributed by atoms with Gasteiger partial charge in [-0.05, 0) is 40.9 Å². The van der Waals surface area contributed by atoms with Gasteiger partial charge in [0.1, 0.15) is 11.5 Å². The van der Waals surface area contributed by atoms with E-state index in [1.165, 1.54) is 25.7 Å². The minimum atomic E-state index is 0.187. The quantitative estimate of drug-likeness (QED) is 0.813. The summed E-state index contributed by atoms with van der Waals surface area (Å²) in [5, 5.41) is 9.34. The summed E-state index contributed by atoms with van der Waals surface area (Å²) >= 11 is 3.49. The molecule has 0 saturated heterocycles. The summed E-state index contributed by atoms with van der Waals surface area (Å²) in [5.41, 5.74) is 1.10. The molecule has 5 heteroatoms. The van der Waals surface area contributed by atoms with E-state index in [1.807, 2.05) is 12.1 Å². The number of nitrogens with zero attached hydrogens (tertiary/aromatic N) is 1. The number of rotatable bonds is 7. The average Bonchev–Trinajstić information content (AvgIpc) is 3.02. The van der Waals surface area contributed by atoms with Crippen molar-refractivity contribution in [1.82, 2.24) is 4.90 Å². The fourth-order valence-corrected chi connectivity index (χ4v) is 3.54. The number of methoxy groups -OCH3 is 2. The molecular weight excluding hydrogens is 334 g/mol. The SMILES string of the molecule is COc1cc(CN(CCO)C2CCCC2)c(OC)cc1Br. The van der Waals surface area contributed by atoms with Crippen molar-refractivity contribution in [1.29, 1.82) is 0 Å². The Bertz CT molecular complexity index is 461. The summed E-state index contributed by atoms with van der Waals surface area (Å²) in [7, 11) is 3.35. The Morgan fingerprint density at radius 1 is 1.19 bits per heavy atom. The molecule has 1 N–H and O–H groups in total.